The number of anilines is 1. The number of hydrogen-bond donors (Lipinski definition) is 1. The first-order valence-electron chi connectivity index (χ1n) is 7.97. The van der Waals surface area contributed by atoms with Gasteiger partial charge in [-0.05, 0) is 70.5 Å². The van der Waals surface area contributed by atoms with E-state index in [4.69, 9.17) is 0 Å². The number of benzene rings is 1. The largest absolute Gasteiger partial charge is 0.324 e. The SMILES string of the molecule is CC(C)(C)C1CCC(C2C(=O)Nc3c(Br)cccc32)CC1. The molecule has 1 aromatic rings. The monoisotopic (exact) mass is 349 g/mol. The summed E-state index contributed by atoms with van der Waals surface area (Å²) >= 11 is 3.55. The molecular formula is C18H24BrNO. The molecule has 0 saturated heterocycles. The second-order valence-electron chi connectivity index (χ2n) is 7.65. The molecule has 1 fully saturated rings. The second kappa shape index (κ2) is 5.42. The summed E-state index contributed by atoms with van der Waals surface area (Å²) in [5.74, 6) is 1.54. The minimum atomic E-state index is 0.0541. The van der Waals surface area contributed by atoms with Crippen molar-refractivity contribution in [2.75, 3.05) is 5.32 Å². The van der Waals surface area contributed by atoms with Crippen LogP contribution in [0, 0.1) is 17.3 Å². The second-order valence-corrected chi connectivity index (χ2v) is 8.50. The van der Waals surface area contributed by atoms with E-state index in [1.807, 2.05) is 12.1 Å². The fraction of sp³-hybridized carbons (Fsp3) is 0.611. The van der Waals surface area contributed by atoms with Crippen molar-refractivity contribution in [2.24, 2.45) is 17.3 Å². The molecule has 1 heterocycles. The van der Waals surface area contributed by atoms with Crippen molar-refractivity contribution in [1.82, 2.24) is 0 Å². The molecule has 1 aromatic carbocycles. The van der Waals surface area contributed by atoms with Gasteiger partial charge in [0.05, 0.1) is 11.6 Å². The van der Waals surface area contributed by atoms with Crippen molar-refractivity contribution >= 4 is 27.5 Å². The summed E-state index contributed by atoms with van der Waals surface area (Å²) in [4.78, 5) is 12.4. The van der Waals surface area contributed by atoms with Crippen molar-refractivity contribution in [3.05, 3.63) is 28.2 Å². The van der Waals surface area contributed by atoms with Gasteiger partial charge in [-0.1, -0.05) is 32.9 Å². The van der Waals surface area contributed by atoms with Crippen molar-refractivity contribution < 1.29 is 4.79 Å². The Kier molecular flexibility index (Phi) is 3.89. The van der Waals surface area contributed by atoms with Crippen molar-refractivity contribution in [1.29, 1.82) is 0 Å². The minimum absolute atomic E-state index is 0.0541. The van der Waals surface area contributed by atoms with Crippen LogP contribution < -0.4 is 5.32 Å². The first-order chi connectivity index (χ1) is 9.88. The lowest BCUT2D eigenvalue weighted by Gasteiger charge is -2.38. The van der Waals surface area contributed by atoms with Crippen LogP contribution in [-0.2, 0) is 4.79 Å². The van der Waals surface area contributed by atoms with Crippen LogP contribution in [0.15, 0.2) is 22.7 Å². The van der Waals surface area contributed by atoms with Crippen LogP contribution >= 0.6 is 15.9 Å². The van der Waals surface area contributed by atoms with Crippen molar-refractivity contribution in [3.8, 4) is 0 Å². The summed E-state index contributed by atoms with van der Waals surface area (Å²) < 4.78 is 0.999. The van der Waals surface area contributed by atoms with Crippen LogP contribution in [0.5, 0.6) is 0 Å². The molecular weight excluding hydrogens is 326 g/mol. The Morgan fingerprint density at radius 3 is 2.43 bits per heavy atom. The molecule has 0 spiro atoms. The molecule has 0 radical (unpaired) electrons. The van der Waals surface area contributed by atoms with E-state index < -0.39 is 0 Å². The third kappa shape index (κ3) is 2.77. The highest BCUT2D eigenvalue weighted by Gasteiger charge is 2.40. The number of para-hydroxylation sites is 1. The molecule has 1 amide bonds. The summed E-state index contributed by atoms with van der Waals surface area (Å²) in [6.45, 7) is 7.02. The van der Waals surface area contributed by atoms with Gasteiger partial charge in [0.1, 0.15) is 0 Å². The predicted molar refractivity (Wildman–Crippen MR) is 90.4 cm³/mol. The Balaban J connectivity index is 1.78. The van der Waals surface area contributed by atoms with Crippen LogP contribution in [0.25, 0.3) is 0 Å². The molecule has 1 saturated carbocycles. The first kappa shape index (κ1) is 15.1. The van der Waals surface area contributed by atoms with Crippen LogP contribution in [0.3, 0.4) is 0 Å². The number of fused-ring (bicyclic) bond motifs is 1. The first-order valence-corrected chi connectivity index (χ1v) is 8.76. The maximum absolute atomic E-state index is 12.4. The zero-order chi connectivity index (χ0) is 15.2. The van der Waals surface area contributed by atoms with Gasteiger partial charge in [-0.25, -0.2) is 0 Å². The highest BCUT2D eigenvalue weighted by atomic mass is 79.9. The smallest absolute Gasteiger partial charge is 0.232 e. The molecule has 1 unspecified atom stereocenters. The average molecular weight is 350 g/mol. The van der Waals surface area contributed by atoms with Crippen molar-refractivity contribution in [3.63, 3.8) is 0 Å². The Bertz CT molecular complexity index is 553. The maximum Gasteiger partial charge on any atom is 0.232 e. The number of nitrogens with one attached hydrogen (secondary N) is 1. The highest BCUT2D eigenvalue weighted by Crippen LogP contribution is 2.48. The summed E-state index contributed by atoms with van der Waals surface area (Å²) in [5, 5.41) is 3.07. The Morgan fingerprint density at radius 2 is 1.81 bits per heavy atom. The molecule has 0 aromatic heterocycles. The van der Waals surface area contributed by atoms with Gasteiger partial charge in [0.25, 0.3) is 0 Å². The summed E-state index contributed by atoms with van der Waals surface area (Å²) in [7, 11) is 0. The molecule has 114 valence electrons. The zero-order valence-electron chi connectivity index (χ0n) is 13.1. The number of rotatable bonds is 1. The number of hydrogen-bond acceptors (Lipinski definition) is 1. The van der Waals surface area contributed by atoms with Crippen LogP contribution in [0.2, 0.25) is 0 Å². The lowest BCUT2D eigenvalue weighted by atomic mass is 9.67. The summed E-state index contributed by atoms with van der Waals surface area (Å²) in [5.41, 5.74) is 2.57. The van der Waals surface area contributed by atoms with E-state index >= 15 is 0 Å². The fourth-order valence-corrected chi connectivity index (χ4v) is 4.54. The Hall–Kier alpha value is -0.830. The molecule has 21 heavy (non-hydrogen) atoms. The van der Waals surface area contributed by atoms with Crippen LogP contribution in [0.4, 0.5) is 5.69 Å². The van der Waals surface area contributed by atoms with E-state index in [0.29, 0.717) is 11.3 Å². The van der Waals surface area contributed by atoms with Gasteiger partial charge in [0, 0.05) is 4.47 Å². The van der Waals surface area contributed by atoms with E-state index in [2.05, 4.69) is 48.1 Å². The molecule has 2 nitrogen and oxygen atoms in total. The van der Waals surface area contributed by atoms with E-state index in [1.54, 1.807) is 0 Å². The minimum Gasteiger partial charge on any atom is -0.324 e. The van der Waals surface area contributed by atoms with Crippen molar-refractivity contribution in [2.45, 2.75) is 52.4 Å². The van der Waals surface area contributed by atoms with E-state index in [0.717, 1.165) is 16.1 Å². The van der Waals surface area contributed by atoms with Gasteiger partial charge in [0.2, 0.25) is 5.91 Å². The lowest BCUT2D eigenvalue weighted by molar-refractivity contribution is -0.118. The Labute approximate surface area is 135 Å². The van der Waals surface area contributed by atoms with E-state index in [-0.39, 0.29) is 11.8 Å². The number of carbonyl (C=O) groups excluding carboxylic acids is 1. The third-order valence-corrected chi connectivity index (χ3v) is 6.04. The predicted octanol–water partition coefficient (Wildman–Crippen LogP) is 5.34. The molecule has 1 N–H and O–H groups in total. The van der Waals surface area contributed by atoms with Gasteiger partial charge in [-0.3, -0.25) is 4.79 Å². The lowest BCUT2D eigenvalue weighted by Crippen LogP contribution is -2.30. The van der Waals surface area contributed by atoms with Crippen LogP contribution in [-0.4, -0.2) is 5.91 Å². The zero-order valence-corrected chi connectivity index (χ0v) is 14.7. The summed E-state index contributed by atoms with van der Waals surface area (Å²) in [6.07, 6.45) is 4.85. The summed E-state index contributed by atoms with van der Waals surface area (Å²) in [6, 6.07) is 6.15. The van der Waals surface area contributed by atoms with Crippen LogP contribution in [0.1, 0.15) is 57.9 Å². The van der Waals surface area contributed by atoms with Gasteiger partial charge < -0.3 is 5.32 Å². The normalized spacial score (nSPS) is 29.1. The standard InChI is InChI=1S/C18H24BrNO/c1-18(2,3)12-9-7-11(8-10-12)15-13-5-4-6-14(19)16(13)20-17(15)21/h4-6,11-12,15H,7-10H2,1-3H3,(H,20,21). The van der Waals surface area contributed by atoms with Gasteiger partial charge in [-0.15, -0.1) is 0 Å². The molecule has 1 aliphatic heterocycles. The molecule has 2 aliphatic rings. The maximum atomic E-state index is 12.4. The molecule has 1 atom stereocenters. The number of carbonyl (C=O) groups is 1. The highest BCUT2D eigenvalue weighted by molar-refractivity contribution is 9.10. The van der Waals surface area contributed by atoms with Gasteiger partial charge >= 0.3 is 0 Å². The molecule has 1 aliphatic carbocycles. The topological polar surface area (TPSA) is 29.1 Å². The van der Waals surface area contributed by atoms with Gasteiger partial charge in [0.15, 0.2) is 0 Å². The quantitative estimate of drug-likeness (QED) is 0.728. The molecule has 0 bridgehead atoms. The number of amides is 1. The van der Waals surface area contributed by atoms with E-state index in [9.17, 15) is 4.79 Å². The van der Waals surface area contributed by atoms with E-state index in [1.165, 1.54) is 31.2 Å². The number of halogens is 1. The molecule has 3 rings (SSSR count). The fourth-order valence-electron chi connectivity index (χ4n) is 4.06. The third-order valence-electron chi connectivity index (χ3n) is 5.38. The Morgan fingerprint density at radius 1 is 1.14 bits per heavy atom. The van der Waals surface area contributed by atoms with Gasteiger partial charge in [-0.2, -0.15) is 0 Å². The molecule has 3 heteroatoms. The average Bonchev–Trinajstić information content (AvgIpc) is 2.76.